The molecule has 0 saturated carbocycles. The first kappa shape index (κ1) is 22.8. The maximum Gasteiger partial charge on any atom is 0.407 e. The van der Waals surface area contributed by atoms with Crippen LogP contribution in [0.25, 0.3) is 5.69 Å². The Morgan fingerprint density at radius 3 is 0.963 bits per heavy atom. The molecule has 0 aliphatic rings. The molecule has 0 bridgehead atoms. The van der Waals surface area contributed by atoms with Gasteiger partial charge in [0.1, 0.15) is 0 Å². The number of benzene rings is 1. The molecule has 0 aliphatic carbocycles. The summed E-state index contributed by atoms with van der Waals surface area (Å²) >= 11 is 0. The molecule has 0 aliphatic heterocycles. The van der Waals surface area contributed by atoms with Gasteiger partial charge in [-0.05, 0) is 0 Å². The Bertz CT molecular complexity index is 773. The number of rotatable bonds is 1. The lowest BCUT2D eigenvalue weighted by molar-refractivity contribution is -2.00. The highest BCUT2D eigenvalue weighted by molar-refractivity contribution is 5.30. The highest BCUT2D eigenvalue weighted by Gasteiger charge is 2.41. The predicted octanol–water partition coefficient (Wildman–Crippen LogP) is -1.40. The minimum Gasteiger partial charge on any atom is -0.222 e. The molecule has 1 aromatic carbocycles. The molecule has 16 heteroatoms. The van der Waals surface area contributed by atoms with Gasteiger partial charge < -0.3 is 0 Å². The molecule has 0 radical (unpaired) electrons. The zero-order valence-electron chi connectivity index (χ0n) is 11.7. The van der Waals surface area contributed by atoms with Crippen molar-refractivity contribution in [3.63, 3.8) is 0 Å². The third kappa shape index (κ3) is 4.56. The SMILES string of the molecule is Fc1c(F)c(F)c(-[n+]2c(F)c(F)c(F)c(F)c2F)c(F)c1F.[O-][Cl+3]([O-])([O-])[O-]. The topological polar surface area (TPSA) is 96.1 Å². The Kier molecular flexibility index (Phi) is 6.61. The van der Waals surface area contributed by atoms with E-state index in [4.69, 9.17) is 18.6 Å². The fourth-order valence-electron chi connectivity index (χ4n) is 1.55. The summed E-state index contributed by atoms with van der Waals surface area (Å²) in [5, 5.41) is 0. The van der Waals surface area contributed by atoms with Crippen LogP contribution in [0.4, 0.5) is 43.9 Å². The van der Waals surface area contributed by atoms with E-state index in [9.17, 15) is 43.9 Å². The number of hydrogen-bond donors (Lipinski definition) is 0. The van der Waals surface area contributed by atoms with E-state index in [1.54, 1.807) is 0 Å². The van der Waals surface area contributed by atoms with Crippen molar-refractivity contribution in [3.8, 4) is 5.69 Å². The van der Waals surface area contributed by atoms with Crippen LogP contribution < -0.4 is 23.2 Å². The third-order valence-electron chi connectivity index (χ3n) is 2.55. The van der Waals surface area contributed by atoms with Gasteiger partial charge in [0.2, 0.25) is 34.9 Å². The van der Waals surface area contributed by atoms with E-state index in [1.807, 2.05) is 0 Å². The molecule has 1 aromatic heterocycles. The maximum atomic E-state index is 13.4. The average molecular weight is 436 g/mol. The van der Waals surface area contributed by atoms with Gasteiger partial charge in [-0.15, -0.1) is 19.0 Å². The van der Waals surface area contributed by atoms with Crippen molar-refractivity contribution in [3.05, 3.63) is 58.4 Å². The van der Waals surface area contributed by atoms with Crippen LogP contribution in [0.2, 0.25) is 0 Å². The molecular formula is C11ClF10NO4. The lowest BCUT2D eigenvalue weighted by atomic mass is 10.2. The first-order valence-electron chi connectivity index (χ1n) is 5.68. The van der Waals surface area contributed by atoms with Crippen LogP contribution in [-0.2, 0) is 0 Å². The van der Waals surface area contributed by atoms with Gasteiger partial charge >= 0.3 is 11.9 Å². The summed E-state index contributed by atoms with van der Waals surface area (Å²) in [5.74, 6) is -27.0. The molecule has 5 nitrogen and oxygen atoms in total. The van der Waals surface area contributed by atoms with E-state index < -0.39 is 78.9 Å². The summed E-state index contributed by atoms with van der Waals surface area (Å²) in [5.41, 5.74) is -2.34. The summed E-state index contributed by atoms with van der Waals surface area (Å²) < 4.78 is 164. The smallest absolute Gasteiger partial charge is 0.222 e. The van der Waals surface area contributed by atoms with Crippen molar-refractivity contribution in [1.29, 1.82) is 0 Å². The minimum absolute atomic E-state index is 1.25. The molecule has 0 atom stereocenters. The van der Waals surface area contributed by atoms with E-state index in [0.29, 0.717) is 0 Å². The zero-order valence-corrected chi connectivity index (χ0v) is 12.5. The number of hydrogen-bond acceptors (Lipinski definition) is 4. The fraction of sp³-hybridized carbons (Fsp3) is 0. The summed E-state index contributed by atoms with van der Waals surface area (Å²) in [6.07, 6.45) is 0. The lowest BCUT2D eigenvalue weighted by Crippen LogP contribution is -2.68. The number of aromatic nitrogens is 1. The Morgan fingerprint density at radius 1 is 0.444 bits per heavy atom. The summed E-state index contributed by atoms with van der Waals surface area (Å²) in [4.78, 5) is 0. The van der Waals surface area contributed by atoms with Crippen molar-refractivity contribution in [2.75, 3.05) is 0 Å². The molecule has 27 heavy (non-hydrogen) atoms. The lowest BCUT2D eigenvalue weighted by Gasteiger charge is -2.17. The van der Waals surface area contributed by atoms with E-state index in [-0.39, 0.29) is 0 Å². The van der Waals surface area contributed by atoms with Gasteiger partial charge in [0.15, 0.2) is 0 Å². The van der Waals surface area contributed by atoms with Crippen LogP contribution >= 0.6 is 0 Å². The largest absolute Gasteiger partial charge is 0.407 e. The average Bonchev–Trinajstić information content (AvgIpc) is 2.56. The summed E-state index contributed by atoms with van der Waals surface area (Å²) in [7, 11) is -4.94. The standard InChI is InChI=1S/C11F10N.ClHO4/c12-1-2(13)5(16)9(6(17)3(1)14)22-10(20)7(18)4(15)8(19)11(22)21;2-1(3,4)5/h;(H,2,3,4,5)/q+1;/p-1. The fourth-order valence-corrected chi connectivity index (χ4v) is 1.55. The van der Waals surface area contributed by atoms with Crippen LogP contribution in [0, 0.1) is 68.7 Å². The Hall–Kier alpha value is -2.20. The molecule has 0 fully saturated rings. The van der Waals surface area contributed by atoms with E-state index in [0.717, 1.165) is 0 Å². The Balaban J connectivity index is 0.000000646. The van der Waals surface area contributed by atoms with E-state index in [2.05, 4.69) is 0 Å². The van der Waals surface area contributed by atoms with Gasteiger partial charge in [0.25, 0.3) is 17.3 Å². The normalized spacial score (nSPS) is 11.3. The number of pyridine rings is 1. The molecule has 1 heterocycles. The van der Waals surface area contributed by atoms with Crippen LogP contribution in [0.5, 0.6) is 0 Å². The van der Waals surface area contributed by atoms with Crippen molar-refractivity contribution in [1.82, 2.24) is 0 Å². The number of nitrogens with zero attached hydrogens (tertiary/aromatic N) is 1. The molecule has 0 amide bonds. The molecule has 2 rings (SSSR count). The Labute approximate surface area is 142 Å². The molecule has 0 N–H and O–H groups in total. The Morgan fingerprint density at radius 2 is 0.667 bits per heavy atom. The summed E-state index contributed by atoms with van der Waals surface area (Å²) in [6, 6.07) is 0. The van der Waals surface area contributed by atoms with Crippen LogP contribution in [-0.4, -0.2) is 0 Å². The maximum absolute atomic E-state index is 13.4. The quantitative estimate of drug-likeness (QED) is 0.181. The van der Waals surface area contributed by atoms with E-state index in [1.165, 1.54) is 0 Å². The second-order valence-electron chi connectivity index (χ2n) is 4.16. The molecule has 150 valence electrons. The second-order valence-corrected chi connectivity index (χ2v) is 4.91. The molecule has 0 unspecified atom stereocenters. The highest BCUT2D eigenvalue weighted by atomic mass is 35.7. The van der Waals surface area contributed by atoms with Gasteiger partial charge in [-0.3, -0.25) is 0 Å². The molecule has 0 saturated heterocycles. The van der Waals surface area contributed by atoms with Gasteiger partial charge in [-0.2, -0.15) is 22.0 Å². The minimum atomic E-state index is -4.94. The zero-order chi connectivity index (χ0) is 21.4. The monoisotopic (exact) mass is 435 g/mol. The molecule has 0 spiro atoms. The molecular weight excluding hydrogens is 436 g/mol. The van der Waals surface area contributed by atoms with Crippen LogP contribution in [0.3, 0.4) is 0 Å². The van der Waals surface area contributed by atoms with Crippen LogP contribution in [0.1, 0.15) is 0 Å². The van der Waals surface area contributed by atoms with Crippen LogP contribution in [0.15, 0.2) is 0 Å². The first-order chi connectivity index (χ1) is 12.1. The van der Waals surface area contributed by atoms with Gasteiger partial charge in [-0.1, -0.05) is 4.57 Å². The van der Waals surface area contributed by atoms with Gasteiger partial charge in [0, 0.05) is 0 Å². The number of halogens is 11. The van der Waals surface area contributed by atoms with Crippen molar-refractivity contribution in [2.45, 2.75) is 0 Å². The van der Waals surface area contributed by atoms with Gasteiger partial charge in [0.05, 0.1) is 0 Å². The van der Waals surface area contributed by atoms with Crippen molar-refractivity contribution >= 4 is 0 Å². The summed E-state index contributed by atoms with van der Waals surface area (Å²) in [6.45, 7) is 0. The first-order valence-corrected chi connectivity index (χ1v) is 6.91. The second kappa shape index (κ2) is 7.81. The van der Waals surface area contributed by atoms with Gasteiger partial charge in [-0.25, -0.2) is 31.8 Å². The third-order valence-corrected chi connectivity index (χ3v) is 2.55. The van der Waals surface area contributed by atoms with Crippen molar-refractivity contribution < 1.29 is 77.4 Å². The predicted molar refractivity (Wildman–Crippen MR) is 47.6 cm³/mol. The molecule has 2 aromatic rings. The highest BCUT2D eigenvalue weighted by Crippen LogP contribution is 2.25. The van der Waals surface area contributed by atoms with Crippen molar-refractivity contribution in [2.24, 2.45) is 0 Å². The van der Waals surface area contributed by atoms with E-state index >= 15 is 0 Å².